The minimum atomic E-state index is -3.78. The van der Waals surface area contributed by atoms with E-state index in [0.717, 1.165) is 13.1 Å². The first kappa shape index (κ1) is 26.0. The molecule has 9 heteroatoms. The summed E-state index contributed by atoms with van der Waals surface area (Å²) in [5.74, 6) is 0.424. The lowest BCUT2D eigenvalue weighted by Crippen LogP contribution is -2.58. The van der Waals surface area contributed by atoms with Crippen LogP contribution < -0.4 is 14.8 Å². The lowest BCUT2D eigenvalue weighted by molar-refractivity contribution is -0.0948. The maximum Gasteiger partial charge on any atom is 0.261 e. The molecule has 0 spiro atoms. The van der Waals surface area contributed by atoms with Gasteiger partial charge < -0.3 is 14.8 Å². The van der Waals surface area contributed by atoms with Crippen LogP contribution in [0.3, 0.4) is 0 Å². The fourth-order valence-corrected chi connectivity index (χ4v) is 5.03. The van der Waals surface area contributed by atoms with Crippen LogP contribution in [0.15, 0.2) is 53.4 Å². The number of nitrogens with zero attached hydrogens (tertiary/aromatic N) is 1. The Morgan fingerprint density at radius 3 is 2.21 bits per heavy atom. The molecule has 0 aromatic heterocycles. The molecule has 0 saturated carbocycles. The van der Waals surface area contributed by atoms with Crippen LogP contribution in [0.25, 0.3) is 0 Å². The maximum absolute atomic E-state index is 12.7. The van der Waals surface area contributed by atoms with Crippen molar-refractivity contribution >= 4 is 21.6 Å². The zero-order chi connectivity index (χ0) is 24.9. The van der Waals surface area contributed by atoms with Gasteiger partial charge >= 0.3 is 0 Å². The van der Waals surface area contributed by atoms with Crippen molar-refractivity contribution in [3.63, 3.8) is 0 Å². The Hall–Kier alpha value is -2.62. The number of carbonyl (C=O) groups is 1. The Labute approximate surface area is 202 Å². The molecule has 0 bridgehead atoms. The van der Waals surface area contributed by atoms with Crippen molar-refractivity contribution in [2.75, 3.05) is 31.0 Å². The summed E-state index contributed by atoms with van der Waals surface area (Å²) in [5.41, 5.74) is 0.589. The van der Waals surface area contributed by atoms with Gasteiger partial charge in [-0.2, -0.15) is 0 Å². The molecule has 2 N–H and O–H groups in total. The van der Waals surface area contributed by atoms with E-state index in [0.29, 0.717) is 30.2 Å². The molecule has 186 valence electrons. The van der Waals surface area contributed by atoms with Crippen LogP contribution in [-0.4, -0.2) is 63.2 Å². The number of ether oxygens (including phenoxy) is 2. The van der Waals surface area contributed by atoms with E-state index in [1.54, 1.807) is 24.3 Å². The summed E-state index contributed by atoms with van der Waals surface area (Å²) < 4.78 is 39.2. The average Bonchev–Trinajstić information content (AvgIpc) is 2.78. The van der Waals surface area contributed by atoms with Crippen molar-refractivity contribution in [3.8, 4) is 5.75 Å². The quantitative estimate of drug-likeness (QED) is 0.560. The van der Waals surface area contributed by atoms with Crippen LogP contribution in [0.5, 0.6) is 5.75 Å². The zero-order valence-corrected chi connectivity index (χ0v) is 21.3. The number of nitrogens with one attached hydrogen (secondary N) is 2. The van der Waals surface area contributed by atoms with Gasteiger partial charge in [0, 0.05) is 36.4 Å². The van der Waals surface area contributed by atoms with Gasteiger partial charge in [-0.3, -0.25) is 14.4 Å². The average molecular weight is 490 g/mol. The molecule has 2 atom stereocenters. The molecule has 1 heterocycles. The fraction of sp³-hybridized carbons (Fsp3) is 0.480. The van der Waals surface area contributed by atoms with Gasteiger partial charge in [0.1, 0.15) is 5.75 Å². The highest BCUT2D eigenvalue weighted by Gasteiger charge is 2.33. The summed E-state index contributed by atoms with van der Waals surface area (Å²) in [4.78, 5) is 15.1. The van der Waals surface area contributed by atoms with Gasteiger partial charge in [0.2, 0.25) is 0 Å². The molecule has 2 aromatic rings. The fourth-order valence-electron chi connectivity index (χ4n) is 3.97. The Kier molecular flexibility index (Phi) is 8.22. The third-order valence-electron chi connectivity index (χ3n) is 5.80. The number of amides is 1. The summed E-state index contributed by atoms with van der Waals surface area (Å²) in [6.45, 7) is 12.8. The SMILES string of the molecule is CCOc1ccc(NS(=O)(=O)c2ccc(C(=O)NCC(C)(C)N3C[C@H](C)O[C@@H](C)C3)cc2)cc1. The van der Waals surface area contributed by atoms with Gasteiger partial charge in [-0.1, -0.05) is 0 Å². The molecule has 0 unspecified atom stereocenters. The molecule has 1 amide bonds. The smallest absolute Gasteiger partial charge is 0.261 e. The molecular weight excluding hydrogens is 454 g/mol. The van der Waals surface area contributed by atoms with E-state index in [9.17, 15) is 13.2 Å². The largest absolute Gasteiger partial charge is 0.494 e. The minimum absolute atomic E-state index is 0.0783. The number of morpholine rings is 1. The highest BCUT2D eigenvalue weighted by molar-refractivity contribution is 7.92. The van der Waals surface area contributed by atoms with Gasteiger partial charge in [-0.15, -0.1) is 0 Å². The third-order valence-corrected chi connectivity index (χ3v) is 7.20. The van der Waals surface area contributed by atoms with Gasteiger partial charge in [0.15, 0.2) is 0 Å². The van der Waals surface area contributed by atoms with Crippen LogP contribution >= 0.6 is 0 Å². The van der Waals surface area contributed by atoms with Crippen LogP contribution in [0.1, 0.15) is 45.0 Å². The van der Waals surface area contributed by atoms with Crippen LogP contribution in [-0.2, 0) is 14.8 Å². The first-order chi connectivity index (χ1) is 16.0. The van der Waals surface area contributed by atoms with Crippen molar-refractivity contribution in [1.82, 2.24) is 10.2 Å². The third kappa shape index (κ3) is 6.71. The summed E-state index contributed by atoms with van der Waals surface area (Å²) >= 11 is 0. The lowest BCUT2D eigenvalue weighted by atomic mass is 10.00. The summed E-state index contributed by atoms with van der Waals surface area (Å²) in [7, 11) is -3.78. The van der Waals surface area contributed by atoms with Gasteiger partial charge in [0.25, 0.3) is 15.9 Å². The summed E-state index contributed by atoms with van der Waals surface area (Å²) in [6.07, 6.45) is 0.286. The van der Waals surface area contributed by atoms with Crippen molar-refractivity contribution in [2.45, 2.75) is 57.3 Å². The van der Waals surface area contributed by atoms with E-state index in [1.165, 1.54) is 24.3 Å². The second-order valence-electron chi connectivity index (χ2n) is 9.24. The van der Waals surface area contributed by atoms with Crippen LogP contribution in [0, 0.1) is 0 Å². The summed E-state index contributed by atoms with van der Waals surface area (Å²) in [5, 5.41) is 2.98. The molecular formula is C25H35N3O5S. The monoisotopic (exact) mass is 489 g/mol. The topological polar surface area (TPSA) is 97.0 Å². The molecule has 1 fully saturated rings. The van der Waals surface area contributed by atoms with Crippen LogP contribution in [0.4, 0.5) is 5.69 Å². The van der Waals surface area contributed by atoms with E-state index >= 15 is 0 Å². The Morgan fingerprint density at radius 2 is 1.65 bits per heavy atom. The lowest BCUT2D eigenvalue weighted by Gasteiger charge is -2.45. The van der Waals surface area contributed by atoms with Gasteiger partial charge in [-0.05, 0) is 83.1 Å². The Bertz CT molecular complexity index is 1060. The van der Waals surface area contributed by atoms with E-state index < -0.39 is 10.0 Å². The predicted octanol–water partition coefficient (Wildman–Crippen LogP) is 3.50. The summed E-state index contributed by atoms with van der Waals surface area (Å²) in [6, 6.07) is 12.6. The van der Waals surface area contributed by atoms with E-state index in [4.69, 9.17) is 9.47 Å². The van der Waals surface area contributed by atoms with E-state index in [1.807, 2.05) is 6.92 Å². The number of hydrogen-bond acceptors (Lipinski definition) is 6. The molecule has 8 nitrogen and oxygen atoms in total. The van der Waals surface area contributed by atoms with Crippen LogP contribution in [0.2, 0.25) is 0 Å². The number of anilines is 1. The van der Waals surface area contributed by atoms with Gasteiger partial charge in [-0.25, -0.2) is 8.42 Å². The van der Waals surface area contributed by atoms with E-state index in [-0.39, 0.29) is 28.5 Å². The number of carbonyl (C=O) groups excluding carboxylic acids is 1. The Morgan fingerprint density at radius 1 is 1.06 bits per heavy atom. The minimum Gasteiger partial charge on any atom is -0.494 e. The number of sulfonamides is 1. The molecule has 0 radical (unpaired) electrons. The first-order valence-electron chi connectivity index (χ1n) is 11.5. The zero-order valence-electron chi connectivity index (χ0n) is 20.5. The number of hydrogen-bond donors (Lipinski definition) is 2. The number of benzene rings is 2. The Balaban J connectivity index is 1.60. The number of rotatable bonds is 9. The predicted molar refractivity (Wildman–Crippen MR) is 133 cm³/mol. The van der Waals surface area contributed by atoms with Crippen molar-refractivity contribution in [2.24, 2.45) is 0 Å². The molecule has 1 saturated heterocycles. The second kappa shape index (κ2) is 10.8. The molecule has 3 rings (SSSR count). The van der Waals surface area contributed by atoms with Crippen molar-refractivity contribution in [1.29, 1.82) is 0 Å². The van der Waals surface area contributed by atoms with E-state index in [2.05, 4.69) is 42.6 Å². The molecule has 34 heavy (non-hydrogen) atoms. The highest BCUT2D eigenvalue weighted by atomic mass is 32.2. The molecule has 2 aromatic carbocycles. The molecule has 0 aliphatic carbocycles. The van der Waals surface area contributed by atoms with Gasteiger partial charge in [0.05, 0.1) is 23.7 Å². The van der Waals surface area contributed by atoms with Crippen molar-refractivity contribution < 1.29 is 22.7 Å². The normalized spacial score (nSPS) is 19.4. The standard InChI is InChI=1S/C25H35N3O5S/c1-6-32-22-11-9-21(10-12-22)27-34(30,31)23-13-7-20(8-14-23)24(29)26-17-25(4,5)28-15-18(2)33-19(3)16-28/h7-14,18-19,27H,6,15-17H2,1-5H3,(H,26,29)/t18-,19-/m0/s1. The highest BCUT2D eigenvalue weighted by Crippen LogP contribution is 2.22. The first-order valence-corrected chi connectivity index (χ1v) is 13.0. The molecule has 1 aliphatic rings. The second-order valence-corrected chi connectivity index (χ2v) is 10.9. The van der Waals surface area contributed by atoms with Crippen molar-refractivity contribution in [3.05, 3.63) is 54.1 Å². The maximum atomic E-state index is 12.7. The molecule has 1 aliphatic heterocycles.